The zero-order valence-electron chi connectivity index (χ0n) is 6.75. The summed E-state index contributed by atoms with van der Waals surface area (Å²) in [5.74, 6) is 0.306. The van der Waals surface area contributed by atoms with Gasteiger partial charge >= 0.3 is 0 Å². The lowest BCUT2D eigenvalue weighted by Gasteiger charge is -2.13. The van der Waals surface area contributed by atoms with Gasteiger partial charge in [-0.05, 0) is 47.8 Å². The van der Waals surface area contributed by atoms with Crippen molar-refractivity contribution in [1.82, 2.24) is 0 Å². The summed E-state index contributed by atoms with van der Waals surface area (Å²) in [4.78, 5) is 0. The number of alkyl halides is 2. The lowest BCUT2D eigenvalue weighted by atomic mass is 10.1. The van der Waals surface area contributed by atoms with Crippen LogP contribution in [0.5, 0.6) is 5.75 Å². The second-order valence-corrected chi connectivity index (χ2v) is 6.02. The maximum absolute atomic E-state index is 9.93. The van der Waals surface area contributed by atoms with E-state index in [-0.39, 0.29) is 0 Å². The minimum Gasteiger partial charge on any atom is -0.507 e. The number of benzene rings is 1. The molecule has 0 aromatic heterocycles. The van der Waals surface area contributed by atoms with Crippen molar-refractivity contribution in [2.45, 2.75) is 10.7 Å². The molecule has 0 amide bonds. The van der Waals surface area contributed by atoms with Crippen LogP contribution in [-0.2, 0) is 10.7 Å². The van der Waals surface area contributed by atoms with E-state index in [2.05, 4.69) is 79.6 Å². The van der Waals surface area contributed by atoms with Crippen molar-refractivity contribution < 1.29 is 5.11 Å². The molecule has 0 fully saturated rings. The molecule has 0 atom stereocenters. The van der Waals surface area contributed by atoms with Crippen LogP contribution in [0.15, 0.2) is 13.4 Å². The predicted molar refractivity (Wildman–Crippen MR) is 76.5 cm³/mol. The van der Waals surface area contributed by atoms with Crippen molar-refractivity contribution in [3.63, 3.8) is 0 Å². The van der Waals surface area contributed by atoms with Gasteiger partial charge in [-0.25, -0.2) is 0 Å². The Labute approximate surface area is 124 Å². The Morgan fingerprint density at radius 1 is 0.786 bits per heavy atom. The van der Waals surface area contributed by atoms with E-state index in [1.54, 1.807) is 0 Å². The Kier molecular flexibility index (Phi) is 5.45. The highest BCUT2D eigenvalue weighted by molar-refractivity contribution is 9.14. The first-order valence-corrected chi connectivity index (χ1v) is 8.15. The normalized spacial score (nSPS) is 10.6. The van der Waals surface area contributed by atoms with Crippen LogP contribution in [-0.4, -0.2) is 5.11 Å². The topological polar surface area (TPSA) is 20.2 Å². The van der Waals surface area contributed by atoms with Crippen LogP contribution in [0.1, 0.15) is 11.1 Å². The molecule has 1 aromatic carbocycles. The monoisotopic (exact) mass is 512 g/mol. The molecule has 6 heteroatoms. The number of rotatable bonds is 2. The number of halogens is 5. The Balaban J connectivity index is 3.56. The van der Waals surface area contributed by atoms with E-state index in [0.29, 0.717) is 16.4 Å². The summed E-state index contributed by atoms with van der Waals surface area (Å²) < 4.78 is 2.64. The van der Waals surface area contributed by atoms with Crippen molar-refractivity contribution in [3.05, 3.63) is 24.5 Å². The fraction of sp³-hybridized carbons (Fsp3) is 0.250. The van der Waals surface area contributed by atoms with Gasteiger partial charge in [-0.15, -0.1) is 0 Å². The van der Waals surface area contributed by atoms with Gasteiger partial charge in [0.05, 0.1) is 0 Å². The molecular formula is C8H5Br5O. The standard InChI is InChI=1S/C8H5Br5O/c9-1-3-5(11)7(13)6(12)4(2-10)8(3)14/h14H,1-2H2. The van der Waals surface area contributed by atoms with Crippen LogP contribution in [0, 0.1) is 0 Å². The summed E-state index contributed by atoms with van der Waals surface area (Å²) in [6.45, 7) is 0. The van der Waals surface area contributed by atoms with Gasteiger partial charge in [-0.2, -0.15) is 0 Å². The molecule has 0 spiro atoms. The van der Waals surface area contributed by atoms with Gasteiger partial charge in [0.1, 0.15) is 5.75 Å². The molecule has 0 saturated carbocycles. The number of hydrogen-bond acceptors (Lipinski definition) is 1. The molecule has 0 aliphatic heterocycles. The zero-order valence-corrected chi connectivity index (χ0v) is 14.7. The van der Waals surface area contributed by atoms with Gasteiger partial charge in [-0.1, -0.05) is 31.9 Å². The molecular weight excluding hydrogens is 512 g/mol. The van der Waals surface area contributed by atoms with E-state index in [0.717, 1.165) is 24.5 Å². The SMILES string of the molecule is Oc1c(CBr)c(Br)c(Br)c(Br)c1CBr. The summed E-state index contributed by atoms with van der Waals surface area (Å²) in [6, 6.07) is 0. The summed E-state index contributed by atoms with van der Waals surface area (Å²) >= 11 is 17.0. The van der Waals surface area contributed by atoms with Crippen LogP contribution in [0.25, 0.3) is 0 Å². The van der Waals surface area contributed by atoms with Gasteiger partial charge in [0.15, 0.2) is 0 Å². The summed E-state index contributed by atoms with van der Waals surface area (Å²) in [7, 11) is 0. The third-order valence-electron chi connectivity index (χ3n) is 1.75. The second kappa shape index (κ2) is 5.66. The molecule has 0 aliphatic rings. The highest BCUT2D eigenvalue weighted by Crippen LogP contribution is 2.44. The van der Waals surface area contributed by atoms with Crippen molar-refractivity contribution in [1.29, 1.82) is 0 Å². The van der Waals surface area contributed by atoms with Crippen molar-refractivity contribution in [3.8, 4) is 5.75 Å². The smallest absolute Gasteiger partial charge is 0.126 e. The molecule has 0 saturated heterocycles. The van der Waals surface area contributed by atoms with Crippen molar-refractivity contribution >= 4 is 79.6 Å². The van der Waals surface area contributed by atoms with E-state index in [1.165, 1.54) is 0 Å². The highest BCUT2D eigenvalue weighted by atomic mass is 79.9. The lowest BCUT2D eigenvalue weighted by Crippen LogP contribution is -1.92. The van der Waals surface area contributed by atoms with Crippen LogP contribution in [0.2, 0.25) is 0 Å². The first-order chi connectivity index (χ1) is 6.54. The first kappa shape index (κ1) is 13.5. The van der Waals surface area contributed by atoms with E-state index >= 15 is 0 Å². The summed E-state index contributed by atoms with van der Waals surface area (Å²) in [5.41, 5.74) is 1.68. The fourth-order valence-corrected chi connectivity index (χ4v) is 4.64. The molecule has 0 bridgehead atoms. The molecule has 1 rings (SSSR count). The van der Waals surface area contributed by atoms with E-state index in [1.807, 2.05) is 0 Å². The number of hydrogen-bond donors (Lipinski definition) is 1. The van der Waals surface area contributed by atoms with E-state index in [9.17, 15) is 5.11 Å². The van der Waals surface area contributed by atoms with Crippen LogP contribution in [0.3, 0.4) is 0 Å². The molecule has 0 radical (unpaired) electrons. The molecule has 0 unspecified atom stereocenters. The maximum Gasteiger partial charge on any atom is 0.126 e. The van der Waals surface area contributed by atoms with Crippen molar-refractivity contribution in [2.75, 3.05) is 0 Å². The average Bonchev–Trinajstić information content (AvgIpc) is 2.16. The molecule has 1 N–H and O–H groups in total. The van der Waals surface area contributed by atoms with Gasteiger partial charge in [0, 0.05) is 35.2 Å². The van der Waals surface area contributed by atoms with Crippen molar-refractivity contribution in [2.24, 2.45) is 0 Å². The van der Waals surface area contributed by atoms with Crippen LogP contribution in [0.4, 0.5) is 0 Å². The molecule has 14 heavy (non-hydrogen) atoms. The lowest BCUT2D eigenvalue weighted by molar-refractivity contribution is 0.465. The number of phenolic OH excluding ortho intramolecular Hbond substituents is 1. The third kappa shape index (κ3) is 2.39. The van der Waals surface area contributed by atoms with E-state index in [4.69, 9.17) is 0 Å². The van der Waals surface area contributed by atoms with Gasteiger partial charge in [0.2, 0.25) is 0 Å². The molecule has 78 valence electrons. The Morgan fingerprint density at radius 2 is 1.14 bits per heavy atom. The molecule has 0 heterocycles. The summed E-state index contributed by atoms with van der Waals surface area (Å²) in [6.07, 6.45) is 0. The zero-order chi connectivity index (χ0) is 10.9. The minimum absolute atomic E-state index is 0.306. The first-order valence-electron chi connectivity index (χ1n) is 3.53. The predicted octanol–water partition coefficient (Wildman–Crippen LogP) is 5.47. The van der Waals surface area contributed by atoms with Gasteiger partial charge in [0.25, 0.3) is 0 Å². The Morgan fingerprint density at radius 3 is 1.43 bits per heavy atom. The van der Waals surface area contributed by atoms with E-state index < -0.39 is 0 Å². The second-order valence-electron chi connectivity index (χ2n) is 2.51. The molecule has 1 nitrogen and oxygen atoms in total. The number of phenols is 1. The quantitative estimate of drug-likeness (QED) is 0.408. The molecule has 1 aromatic rings. The average molecular weight is 517 g/mol. The summed E-state index contributed by atoms with van der Waals surface area (Å²) in [5, 5.41) is 11.1. The van der Waals surface area contributed by atoms with Crippen LogP contribution >= 0.6 is 79.6 Å². The minimum atomic E-state index is 0.306. The Bertz CT molecular complexity index is 332. The largest absolute Gasteiger partial charge is 0.507 e. The van der Waals surface area contributed by atoms with Gasteiger partial charge in [-0.3, -0.25) is 0 Å². The van der Waals surface area contributed by atoms with Crippen LogP contribution < -0.4 is 0 Å². The van der Waals surface area contributed by atoms with Gasteiger partial charge < -0.3 is 5.11 Å². The fourth-order valence-electron chi connectivity index (χ4n) is 0.995. The Hall–Kier alpha value is 1.42. The number of aromatic hydroxyl groups is 1. The molecule has 0 aliphatic carbocycles. The maximum atomic E-state index is 9.93. The highest BCUT2D eigenvalue weighted by Gasteiger charge is 2.18. The third-order valence-corrected chi connectivity index (χ3v) is 6.48.